The third-order valence-electron chi connectivity index (χ3n) is 3.65. The molecule has 0 aliphatic carbocycles. The molecule has 132 valence electrons. The van der Waals surface area contributed by atoms with Crippen LogP contribution < -0.4 is 26.4 Å². The van der Waals surface area contributed by atoms with Crippen molar-refractivity contribution in [3.8, 4) is 0 Å². The summed E-state index contributed by atoms with van der Waals surface area (Å²) in [6, 6.07) is 8.09. The van der Waals surface area contributed by atoms with E-state index < -0.39 is 0 Å². The van der Waals surface area contributed by atoms with Gasteiger partial charge in [0.25, 0.3) is 5.13 Å². The summed E-state index contributed by atoms with van der Waals surface area (Å²) in [6.45, 7) is 5.03. The van der Waals surface area contributed by atoms with E-state index in [1.54, 1.807) is 5.51 Å². The van der Waals surface area contributed by atoms with Crippen LogP contribution in [-0.2, 0) is 13.6 Å². The largest absolute Gasteiger partial charge is 1.00 e. The predicted molar refractivity (Wildman–Crippen MR) is 94.0 cm³/mol. The Morgan fingerprint density at radius 1 is 1.24 bits per heavy atom. The molecule has 0 aliphatic rings. The van der Waals surface area contributed by atoms with Gasteiger partial charge in [0.2, 0.25) is 6.33 Å². The second-order valence-electron chi connectivity index (χ2n) is 5.33. The van der Waals surface area contributed by atoms with E-state index in [-0.39, 0.29) is 17.0 Å². The molecule has 0 N–H and O–H groups in total. The van der Waals surface area contributed by atoms with Crippen molar-refractivity contribution in [2.45, 2.75) is 13.5 Å². The molecule has 7 nitrogen and oxygen atoms in total. The van der Waals surface area contributed by atoms with Gasteiger partial charge in [-0.2, -0.15) is 0 Å². The Morgan fingerprint density at radius 3 is 2.64 bits per heavy atom. The second kappa shape index (κ2) is 9.38. The summed E-state index contributed by atoms with van der Waals surface area (Å²) < 4.78 is 4.24. The van der Waals surface area contributed by atoms with Crippen LogP contribution >= 0.6 is 11.3 Å². The third kappa shape index (κ3) is 5.43. The zero-order valence-electron chi connectivity index (χ0n) is 14.2. The van der Waals surface area contributed by atoms with Gasteiger partial charge in [0, 0.05) is 12.2 Å². The Bertz CT molecular complexity index is 783. The molecule has 0 atom stereocenters. The third-order valence-corrected chi connectivity index (χ3v) is 4.22. The van der Waals surface area contributed by atoms with E-state index in [0.717, 1.165) is 25.3 Å². The summed E-state index contributed by atoms with van der Waals surface area (Å²) in [6.07, 6.45) is 6.23. The van der Waals surface area contributed by atoms with Crippen LogP contribution in [0.15, 0.2) is 58.7 Å². The summed E-state index contributed by atoms with van der Waals surface area (Å²) in [5.41, 5.74) is 3.63. The highest BCUT2D eigenvalue weighted by Crippen LogP contribution is 2.22. The maximum atomic E-state index is 4.18. The Kier molecular flexibility index (Phi) is 7.20. The molecule has 25 heavy (non-hydrogen) atoms. The van der Waals surface area contributed by atoms with Crippen LogP contribution in [0.25, 0.3) is 0 Å². The van der Waals surface area contributed by atoms with Gasteiger partial charge in [0.05, 0.1) is 19.3 Å². The minimum atomic E-state index is 0. The van der Waals surface area contributed by atoms with E-state index in [1.165, 1.54) is 17.0 Å². The fraction of sp³-hybridized carbons (Fsp3) is 0.312. The summed E-state index contributed by atoms with van der Waals surface area (Å²) in [4.78, 5) is 2.34. The average Bonchev–Trinajstić information content (AvgIpc) is 3.26. The van der Waals surface area contributed by atoms with Gasteiger partial charge in [-0.25, -0.2) is 9.13 Å². The summed E-state index contributed by atoms with van der Waals surface area (Å²) in [5.74, 6) is 0. The van der Waals surface area contributed by atoms with Gasteiger partial charge in [-0.1, -0.05) is 11.3 Å². The van der Waals surface area contributed by atoms with Gasteiger partial charge in [-0.15, -0.1) is 20.4 Å². The highest BCUT2D eigenvalue weighted by Gasteiger charge is 2.07. The zero-order valence-corrected chi connectivity index (χ0v) is 16.6. The summed E-state index contributed by atoms with van der Waals surface area (Å²) in [7, 11) is 2.03. The number of rotatable bonds is 7. The van der Waals surface area contributed by atoms with E-state index in [0.29, 0.717) is 5.13 Å². The molecule has 3 rings (SSSR count). The van der Waals surface area contributed by atoms with Gasteiger partial charge < -0.3 is 21.9 Å². The molecular formula is C16H20BrN7S. The number of anilines is 1. The second-order valence-corrected chi connectivity index (χ2v) is 6.15. The van der Waals surface area contributed by atoms with Crippen LogP contribution in [-0.4, -0.2) is 27.9 Å². The first-order chi connectivity index (χ1) is 11.7. The number of hydrogen-bond acceptors (Lipinski definition) is 6. The van der Waals surface area contributed by atoms with Crippen molar-refractivity contribution in [1.82, 2.24) is 14.8 Å². The van der Waals surface area contributed by atoms with Crippen LogP contribution in [0.5, 0.6) is 0 Å². The van der Waals surface area contributed by atoms with E-state index in [2.05, 4.69) is 61.5 Å². The van der Waals surface area contributed by atoms with Crippen molar-refractivity contribution < 1.29 is 21.5 Å². The van der Waals surface area contributed by atoms with Crippen molar-refractivity contribution in [2.24, 2.45) is 17.3 Å². The smallest absolute Gasteiger partial charge is 0.251 e. The first kappa shape index (κ1) is 19.2. The Hall–Kier alpha value is -2.13. The molecule has 0 aliphatic heterocycles. The molecule has 0 fully saturated rings. The zero-order chi connectivity index (χ0) is 16.8. The Balaban J connectivity index is 0.00000225. The molecule has 2 heterocycles. The van der Waals surface area contributed by atoms with Crippen molar-refractivity contribution >= 4 is 27.8 Å². The molecule has 0 spiro atoms. The molecule has 3 aromatic rings. The quantitative estimate of drug-likeness (QED) is 0.401. The molecule has 0 saturated carbocycles. The van der Waals surface area contributed by atoms with Crippen LogP contribution in [0.1, 0.15) is 6.92 Å². The Labute approximate surface area is 161 Å². The lowest BCUT2D eigenvalue weighted by Gasteiger charge is -2.22. The van der Waals surface area contributed by atoms with Crippen molar-refractivity contribution in [3.05, 3.63) is 48.5 Å². The fourth-order valence-electron chi connectivity index (χ4n) is 2.38. The van der Waals surface area contributed by atoms with Gasteiger partial charge in [-0.3, -0.25) is 0 Å². The fourth-order valence-corrected chi connectivity index (χ4v) is 2.75. The van der Waals surface area contributed by atoms with Crippen molar-refractivity contribution in [1.29, 1.82) is 0 Å². The predicted octanol–water partition coefficient (Wildman–Crippen LogP) is 0.110. The van der Waals surface area contributed by atoms with Gasteiger partial charge >= 0.3 is 0 Å². The van der Waals surface area contributed by atoms with Gasteiger partial charge in [0.1, 0.15) is 24.4 Å². The molecule has 2 aromatic heterocycles. The maximum Gasteiger partial charge on any atom is 0.251 e. The van der Waals surface area contributed by atoms with Crippen LogP contribution in [0, 0.1) is 0 Å². The van der Waals surface area contributed by atoms with Gasteiger partial charge in [-0.05, 0) is 31.2 Å². The van der Waals surface area contributed by atoms with E-state index in [1.807, 2.05) is 29.9 Å². The van der Waals surface area contributed by atoms with E-state index in [9.17, 15) is 0 Å². The number of hydrogen-bond donors (Lipinski definition) is 0. The topological polar surface area (TPSA) is 62.5 Å². The molecule has 1 aromatic carbocycles. The summed E-state index contributed by atoms with van der Waals surface area (Å²) >= 11 is 1.37. The molecule has 0 unspecified atom stereocenters. The highest BCUT2D eigenvalue weighted by atomic mass is 79.9. The number of benzene rings is 1. The average molecular weight is 422 g/mol. The summed E-state index contributed by atoms with van der Waals surface area (Å²) in [5, 5.41) is 16.4. The molecule has 0 amide bonds. The van der Waals surface area contributed by atoms with Crippen molar-refractivity contribution in [2.75, 3.05) is 18.0 Å². The number of azo groups is 1. The molecule has 0 radical (unpaired) electrons. The normalized spacial score (nSPS) is 10.8. The lowest BCUT2D eigenvalue weighted by Crippen LogP contribution is -3.00. The van der Waals surface area contributed by atoms with Crippen LogP contribution in [0.3, 0.4) is 0 Å². The lowest BCUT2D eigenvalue weighted by molar-refractivity contribution is -0.671. The van der Waals surface area contributed by atoms with Crippen LogP contribution in [0.4, 0.5) is 16.5 Å². The molecule has 9 heteroatoms. The number of aromatic nitrogens is 4. The number of imidazole rings is 1. The first-order valence-electron chi connectivity index (χ1n) is 7.78. The maximum absolute atomic E-state index is 4.18. The number of likely N-dealkylation sites (N-methyl/N-ethyl adjacent to an activating group) is 1. The molecular weight excluding hydrogens is 402 g/mol. The monoisotopic (exact) mass is 421 g/mol. The van der Waals surface area contributed by atoms with Crippen molar-refractivity contribution in [3.63, 3.8) is 0 Å². The molecule has 0 saturated heterocycles. The standard InChI is InChI=1S/C16H20N7S.BrH/c1-3-23(11-10-22-9-8-21(2)13-22)15-6-4-14(5-7-15)18-20-16-19-17-12-24-16;/h4-9,12-13H,3,10-11H2,1-2H3;1H/q+1;/p-1. The number of aryl methyl sites for hydroxylation is 1. The minimum Gasteiger partial charge on any atom is -1.00 e. The number of nitrogens with zero attached hydrogens (tertiary/aromatic N) is 7. The minimum absolute atomic E-state index is 0. The lowest BCUT2D eigenvalue weighted by atomic mass is 10.2. The number of halogens is 1. The van der Waals surface area contributed by atoms with E-state index in [4.69, 9.17) is 0 Å². The molecule has 0 bridgehead atoms. The Morgan fingerprint density at radius 2 is 2.04 bits per heavy atom. The first-order valence-corrected chi connectivity index (χ1v) is 8.66. The van der Waals surface area contributed by atoms with Crippen LogP contribution in [0.2, 0.25) is 0 Å². The SMILES string of the molecule is CCN(CCn1cc[n+](C)c1)c1ccc(N=Nc2nncs2)cc1.[Br-]. The highest BCUT2D eigenvalue weighted by molar-refractivity contribution is 7.13. The van der Waals surface area contributed by atoms with Gasteiger partial charge in [0.15, 0.2) is 0 Å². The van der Waals surface area contributed by atoms with E-state index >= 15 is 0 Å².